The van der Waals surface area contributed by atoms with Gasteiger partial charge in [0.15, 0.2) is 0 Å². The normalized spacial score (nSPS) is 13.9. The summed E-state index contributed by atoms with van der Waals surface area (Å²) in [5.74, 6) is -6.47. The van der Waals surface area contributed by atoms with E-state index in [2.05, 4.69) is 16.0 Å². The van der Waals surface area contributed by atoms with Gasteiger partial charge < -0.3 is 37.0 Å². The molecule has 8 N–H and O–H groups in total. The topological polar surface area (TPSA) is 225 Å². The average Bonchev–Trinajstić information content (AvgIpc) is 2.80. The predicted molar refractivity (Wildman–Crippen MR) is 129 cm³/mol. The van der Waals surface area contributed by atoms with Crippen LogP contribution in [0.5, 0.6) is 0 Å². The van der Waals surface area contributed by atoms with Gasteiger partial charge in [0.2, 0.25) is 17.7 Å². The molecule has 0 radical (unpaired) electrons. The van der Waals surface area contributed by atoms with E-state index in [0.29, 0.717) is 11.3 Å². The zero-order valence-electron chi connectivity index (χ0n) is 19.5. The standard InChI is InChI=1S/C22H30N4O9S/c1-36-8-7-14(20(32)26-16(22(34)35)11-18(29)30)24-21(33)15(9-12-5-3-2-4-6-12)25-19(31)13(23)10-17(27)28/h2-6,13-16H,7-11,23H2,1H3,(H,24,33)(H,25,31)(H,26,32)(H,27,28)(H,29,30)(H,34,35). The quantitative estimate of drug-likeness (QED) is 0.135. The highest BCUT2D eigenvalue weighted by Crippen LogP contribution is 2.07. The van der Waals surface area contributed by atoms with Gasteiger partial charge in [-0.3, -0.25) is 24.0 Å². The summed E-state index contributed by atoms with van der Waals surface area (Å²) in [6.45, 7) is 0. The summed E-state index contributed by atoms with van der Waals surface area (Å²) in [4.78, 5) is 71.4. The first-order valence-electron chi connectivity index (χ1n) is 10.8. The third-order valence-corrected chi connectivity index (χ3v) is 5.53. The van der Waals surface area contributed by atoms with E-state index in [0.717, 1.165) is 0 Å². The first-order valence-corrected chi connectivity index (χ1v) is 12.2. The van der Waals surface area contributed by atoms with Gasteiger partial charge in [0.05, 0.1) is 18.9 Å². The summed E-state index contributed by atoms with van der Waals surface area (Å²) >= 11 is 1.36. The maximum absolute atomic E-state index is 13.1. The molecule has 1 aromatic rings. The number of carboxylic acid groups (broad SMARTS) is 3. The highest BCUT2D eigenvalue weighted by Gasteiger charge is 2.31. The zero-order chi connectivity index (χ0) is 27.3. The van der Waals surface area contributed by atoms with Crippen LogP contribution in [0.15, 0.2) is 30.3 Å². The second kappa shape index (κ2) is 15.4. The average molecular weight is 527 g/mol. The Morgan fingerprint density at radius 3 is 1.86 bits per heavy atom. The second-order valence-corrected chi connectivity index (χ2v) is 8.78. The Morgan fingerprint density at radius 2 is 1.33 bits per heavy atom. The molecule has 0 spiro atoms. The first kappa shape index (κ1) is 30.4. The molecule has 4 unspecified atom stereocenters. The number of nitrogens with two attached hydrogens (primary N) is 1. The molecule has 0 aliphatic carbocycles. The Morgan fingerprint density at radius 1 is 0.806 bits per heavy atom. The van der Waals surface area contributed by atoms with Crippen LogP contribution in [0, 0.1) is 0 Å². The molecule has 0 bridgehead atoms. The van der Waals surface area contributed by atoms with Gasteiger partial charge in [-0.05, 0) is 24.0 Å². The van der Waals surface area contributed by atoms with E-state index in [4.69, 9.17) is 15.9 Å². The summed E-state index contributed by atoms with van der Waals surface area (Å²) in [6, 6.07) is 2.97. The third-order valence-electron chi connectivity index (χ3n) is 4.88. The molecule has 0 fully saturated rings. The highest BCUT2D eigenvalue weighted by molar-refractivity contribution is 7.98. The van der Waals surface area contributed by atoms with E-state index >= 15 is 0 Å². The fraction of sp³-hybridized carbons (Fsp3) is 0.455. The molecule has 0 saturated carbocycles. The lowest BCUT2D eigenvalue weighted by molar-refractivity contribution is -0.147. The lowest BCUT2D eigenvalue weighted by Crippen LogP contribution is -2.58. The number of hydrogen-bond donors (Lipinski definition) is 7. The third kappa shape index (κ3) is 11.2. The molecule has 198 valence electrons. The fourth-order valence-corrected chi connectivity index (χ4v) is 3.51. The maximum atomic E-state index is 13.1. The lowest BCUT2D eigenvalue weighted by atomic mass is 10.0. The number of carboxylic acids is 3. The molecule has 0 saturated heterocycles. The molecule has 36 heavy (non-hydrogen) atoms. The van der Waals surface area contributed by atoms with Crippen molar-refractivity contribution < 1.29 is 44.1 Å². The van der Waals surface area contributed by atoms with Gasteiger partial charge in [-0.2, -0.15) is 11.8 Å². The molecule has 13 nitrogen and oxygen atoms in total. The van der Waals surface area contributed by atoms with Crippen LogP contribution in [0.3, 0.4) is 0 Å². The molecule has 1 rings (SSSR count). The van der Waals surface area contributed by atoms with Crippen molar-refractivity contribution in [2.24, 2.45) is 5.73 Å². The summed E-state index contributed by atoms with van der Waals surface area (Å²) < 4.78 is 0. The number of rotatable bonds is 16. The lowest BCUT2D eigenvalue weighted by Gasteiger charge is -2.25. The van der Waals surface area contributed by atoms with Crippen molar-refractivity contribution in [3.05, 3.63) is 35.9 Å². The summed E-state index contributed by atoms with van der Waals surface area (Å²) in [6.07, 6.45) is 0.306. The molecule has 4 atom stereocenters. The van der Waals surface area contributed by atoms with E-state index in [-0.39, 0.29) is 12.8 Å². The van der Waals surface area contributed by atoms with Crippen LogP contribution in [-0.2, 0) is 35.2 Å². The van der Waals surface area contributed by atoms with Crippen molar-refractivity contribution >= 4 is 47.4 Å². The van der Waals surface area contributed by atoms with Crippen LogP contribution in [-0.4, -0.2) is 87.1 Å². The molecule has 0 aliphatic rings. The Kier molecular flexibility index (Phi) is 13.0. The minimum Gasteiger partial charge on any atom is -0.481 e. The molecule has 0 aromatic heterocycles. The van der Waals surface area contributed by atoms with Crippen molar-refractivity contribution in [2.75, 3.05) is 12.0 Å². The fourth-order valence-electron chi connectivity index (χ4n) is 3.04. The minimum atomic E-state index is -1.71. The van der Waals surface area contributed by atoms with Crippen LogP contribution >= 0.6 is 11.8 Å². The van der Waals surface area contributed by atoms with Crippen molar-refractivity contribution in [1.82, 2.24) is 16.0 Å². The predicted octanol–water partition coefficient (Wildman–Crippen LogP) is -1.20. The van der Waals surface area contributed by atoms with Gasteiger partial charge in [0.25, 0.3) is 0 Å². The molecule has 3 amide bonds. The number of carbonyl (C=O) groups excluding carboxylic acids is 3. The monoisotopic (exact) mass is 526 g/mol. The molecular weight excluding hydrogens is 496 g/mol. The Balaban J connectivity index is 3.09. The zero-order valence-corrected chi connectivity index (χ0v) is 20.3. The van der Waals surface area contributed by atoms with Crippen LogP contribution in [0.25, 0.3) is 0 Å². The number of nitrogens with one attached hydrogen (secondary N) is 3. The smallest absolute Gasteiger partial charge is 0.326 e. The van der Waals surface area contributed by atoms with Gasteiger partial charge in [0, 0.05) is 6.42 Å². The van der Waals surface area contributed by atoms with Gasteiger partial charge in [-0.15, -0.1) is 0 Å². The Labute approximate surface area is 211 Å². The Hall–Kier alpha value is -3.65. The first-order chi connectivity index (χ1) is 16.9. The Bertz CT molecular complexity index is 945. The number of hydrogen-bond acceptors (Lipinski definition) is 8. The molecule has 1 aromatic carbocycles. The van der Waals surface area contributed by atoms with Crippen molar-refractivity contribution in [2.45, 2.75) is 49.9 Å². The van der Waals surface area contributed by atoms with E-state index in [1.54, 1.807) is 36.6 Å². The number of thioether (sulfide) groups is 1. The van der Waals surface area contributed by atoms with Gasteiger partial charge in [-0.1, -0.05) is 30.3 Å². The van der Waals surface area contributed by atoms with E-state index in [9.17, 15) is 33.9 Å². The van der Waals surface area contributed by atoms with Crippen molar-refractivity contribution in [3.8, 4) is 0 Å². The van der Waals surface area contributed by atoms with Gasteiger partial charge >= 0.3 is 17.9 Å². The number of aliphatic carboxylic acids is 3. The summed E-state index contributed by atoms with van der Waals surface area (Å²) in [7, 11) is 0. The maximum Gasteiger partial charge on any atom is 0.326 e. The summed E-state index contributed by atoms with van der Waals surface area (Å²) in [5.41, 5.74) is 6.26. The molecule has 0 aliphatic heterocycles. The number of amides is 3. The largest absolute Gasteiger partial charge is 0.481 e. The van der Waals surface area contributed by atoms with Crippen molar-refractivity contribution in [1.29, 1.82) is 0 Å². The molecular formula is C22H30N4O9S. The summed E-state index contributed by atoms with van der Waals surface area (Å²) in [5, 5.41) is 34.0. The van der Waals surface area contributed by atoms with E-state index in [1.807, 2.05) is 0 Å². The van der Waals surface area contributed by atoms with Gasteiger partial charge in [-0.25, -0.2) is 4.79 Å². The van der Waals surface area contributed by atoms with E-state index in [1.165, 1.54) is 11.8 Å². The van der Waals surface area contributed by atoms with E-state index < -0.39 is 72.6 Å². The minimum absolute atomic E-state index is 0.00810. The second-order valence-electron chi connectivity index (χ2n) is 7.80. The van der Waals surface area contributed by atoms with Gasteiger partial charge in [0.1, 0.15) is 18.1 Å². The number of carbonyl (C=O) groups is 6. The van der Waals surface area contributed by atoms with Crippen LogP contribution in [0.1, 0.15) is 24.8 Å². The van der Waals surface area contributed by atoms with Crippen LogP contribution in [0.4, 0.5) is 0 Å². The molecule has 14 heteroatoms. The number of benzene rings is 1. The van der Waals surface area contributed by atoms with Crippen molar-refractivity contribution in [3.63, 3.8) is 0 Å². The SMILES string of the molecule is CSCCC(NC(=O)C(Cc1ccccc1)NC(=O)C(N)CC(=O)O)C(=O)NC(CC(=O)O)C(=O)O. The molecule has 0 heterocycles. The van der Waals surface area contributed by atoms with Crippen LogP contribution in [0.2, 0.25) is 0 Å². The van der Waals surface area contributed by atoms with Crippen LogP contribution < -0.4 is 21.7 Å². The highest BCUT2D eigenvalue weighted by atomic mass is 32.2.